The van der Waals surface area contributed by atoms with Crippen molar-refractivity contribution in [2.75, 3.05) is 59.3 Å². The molecule has 3 aliphatic heterocycles. The molecule has 4 rings (SSSR count). The van der Waals surface area contributed by atoms with E-state index in [4.69, 9.17) is 19.2 Å². The maximum absolute atomic E-state index is 13.9. The summed E-state index contributed by atoms with van der Waals surface area (Å²) in [6.07, 6.45) is 1.78. The standard InChI is InChI=1S/C21H31FN4O3.HI/c1-2-23-21(26-6-4-19(13-26)25-7-9-27-10-8-25)24-5-3-16-11-18(22)12-17-14-28-15-29-20(16)17;/h11-12,19H,2-10,13-15H2,1H3,(H,23,24);1H. The van der Waals surface area contributed by atoms with Gasteiger partial charge < -0.3 is 24.4 Å². The van der Waals surface area contributed by atoms with E-state index in [1.807, 2.05) is 0 Å². The van der Waals surface area contributed by atoms with Crippen LogP contribution in [0.15, 0.2) is 17.1 Å². The smallest absolute Gasteiger partial charge is 0.193 e. The topological polar surface area (TPSA) is 58.6 Å². The molecule has 7 nitrogen and oxygen atoms in total. The number of hydrogen-bond acceptors (Lipinski definition) is 5. The van der Waals surface area contributed by atoms with Crippen LogP contribution in [0.3, 0.4) is 0 Å². The molecule has 168 valence electrons. The van der Waals surface area contributed by atoms with Gasteiger partial charge >= 0.3 is 0 Å². The van der Waals surface area contributed by atoms with Gasteiger partial charge in [-0.25, -0.2) is 4.39 Å². The van der Waals surface area contributed by atoms with E-state index in [2.05, 4.69) is 22.0 Å². The molecule has 2 fully saturated rings. The van der Waals surface area contributed by atoms with Crippen molar-refractivity contribution in [2.24, 2.45) is 4.99 Å². The van der Waals surface area contributed by atoms with E-state index in [1.54, 1.807) is 6.07 Å². The summed E-state index contributed by atoms with van der Waals surface area (Å²) in [7, 11) is 0. The highest BCUT2D eigenvalue weighted by Gasteiger charge is 2.30. The van der Waals surface area contributed by atoms with E-state index in [1.165, 1.54) is 6.07 Å². The lowest BCUT2D eigenvalue weighted by Gasteiger charge is -2.32. The van der Waals surface area contributed by atoms with Gasteiger partial charge in [0.2, 0.25) is 0 Å². The number of morpholine rings is 1. The lowest BCUT2D eigenvalue weighted by Crippen LogP contribution is -2.46. The fourth-order valence-corrected chi connectivity index (χ4v) is 4.33. The van der Waals surface area contributed by atoms with E-state index < -0.39 is 0 Å². The van der Waals surface area contributed by atoms with Crippen molar-refractivity contribution in [3.8, 4) is 5.75 Å². The lowest BCUT2D eigenvalue weighted by atomic mass is 10.1. The van der Waals surface area contributed by atoms with Gasteiger partial charge in [0, 0.05) is 50.9 Å². The Morgan fingerprint density at radius 1 is 1.23 bits per heavy atom. The maximum atomic E-state index is 13.9. The molecule has 9 heteroatoms. The van der Waals surface area contributed by atoms with Gasteiger partial charge in [-0.2, -0.15) is 0 Å². The number of nitrogens with zero attached hydrogens (tertiary/aromatic N) is 3. The first kappa shape index (κ1) is 23.5. The number of hydrogen-bond donors (Lipinski definition) is 1. The molecule has 1 aromatic carbocycles. The Balaban J connectivity index is 0.00000256. The summed E-state index contributed by atoms with van der Waals surface area (Å²) >= 11 is 0. The van der Waals surface area contributed by atoms with Gasteiger partial charge in [0.05, 0.1) is 19.8 Å². The first-order chi connectivity index (χ1) is 14.2. The monoisotopic (exact) mass is 534 g/mol. The number of rotatable bonds is 5. The maximum Gasteiger partial charge on any atom is 0.193 e. The van der Waals surface area contributed by atoms with Gasteiger partial charge in [-0.15, -0.1) is 24.0 Å². The molecular weight excluding hydrogens is 502 g/mol. The number of fused-ring (bicyclic) bond motifs is 1. The first-order valence-electron chi connectivity index (χ1n) is 10.6. The molecule has 0 aromatic heterocycles. The van der Waals surface area contributed by atoms with E-state index >= 15 is 0 Å². The molecule has 30 heavy (non-hydrogen) atoms. The second kappa shape index (κ2) is 11.4. The van der Waals surface area contributed by atoms with Crippen LogP contribution in [0.1, 0.15) is 24.5 Å². The minimum absolute atomic E-state index is 0. The lowest BCUT2D eigenvalue weighted by molar-refractivity contribution is -0.0172. The molecule has 1 atom stereocenters. The second-order valence-electron chi connectivity index (χ2n) is 7.69. The Bertz CT molecular complexity index is 730. The second-order valence-corrected chi connectivity index (χ2v) is 7.69. The first-order valence-corrected chi connectivity index (χ1v) is 10.6. The van der Waals surface area contributed by atoms with Crippen molar-refractivity contribution in [3.63, 3.8) is 0 Å². The van der Waals surface area contributed by atoms with Crippen LogP contribution in [-0.2, 0) is 22.5 Å². The molecule has 0 bridgehead atoms. The van der Waals surface area contributed by atoms with Crippen molar-refractivity contribution in [1.82, 2.24) is 15.1 Å². The molecule has 1 unspecified atom stereocenters. The highest BCUT2D eigenvalue weighted by molar-refractivity contribution is 14.0. The third kappa shape index (κ3) is 5.74. The molecule has 1 aromatic rings. The Morgan fingerprint density at radius 2 is 2.07 bits per heavy atom. The number of halogens is 2. The summed E-state index contributed by atoms with van der Waals surface area (Å²) in [4.78, 5) is 9.70. The predicted molar refractivity (Wildman–Crippen MR) is 124 cm³/mol. The molecular formula is C21H32FIN4O3. The summed E-state index contributed by atoms with van der Waals surface area (Å²) in [5, 5.41) is 3.42. The zero-order valence-corrected chi connectivity index (χ0v) is 19.9. The Hall–Kier alpha value is -1.17. The van der Waals surface area contributed by atoms with Gasteiger partial charge in [0.15, 0.2) is 12.8 Å². The SMILES string of the molecule is CCNC(=NCCc1cc(F)cc2c1OCOC2)N1CCC(N2CCOCC2)C1.I. The number of benzene rings is 1. The minimum atomic E-state index is -0.253. The molecule has 0 aliphatic carbocycles. The molecule has 0 radical (unpaired) electrons. The fourth-order valence-electron chi connectivity index (χ4n) is 4.33. The largest absolute Gasteiger partial charge is 0.467 e. The Kier molecular flexibility index (Phi) is 8.97. The molecule has 0 amide bonds. The van der Waals surface area contributed by atoms with Gasteiger partial charge in [-0.3, -0.25) is 9.89 Å². The van der Waals surface area contributed by atoms with E-state index in [0.717, 1.165) is 75.2 Å². The minimum Gasteiger partial charge on any atom is -0.467 e. The van der Waals surface area contributed by atoms with Crippen molar-refractivity contribution < 1.29 is 18.6 Å². The zero-order chi connectivity index (χ0) is 20.1. The van der Waals surface area contributed by atoms with Crippen LogP contribution in [0.25, 0.3) is 0 Å². The number of nitrogens with one attached hydrogen (secondary N) is 1. The Labute approximate surface area is 195 Å². The summed E-state index contributed by atoms with van der Waals surface area (Å²) in [6.45, 7) is 9.78. The van der Waals surface area contributed by atoms with E-state index in [0.29, 0.717) is 25.6 Å². The van der Waals surface area contributed by atoms with Crippen LogP contribution in [0.5, 0.6) is 5.75 Å². The van der Waals surface area contributed by atoms with Gasteiger partial charge in [0.25, 0.3) is 0 Å². The van der Waals surface area contributed by atoms with Crippen LogP contribution in [-0.4, -0.2) is 81.1 Å². The Morgan fingerprint density at radius 3 is 2.87 bits per heavy atom. The zero-order valence-electron chi connectivity index (χ0n) is 17.6. The van der Waals surface area contributed by atoms with E-state index in [9.17, 15) is 4.39 Å². The fraction of sp³-hybridized carbons (Fsp3) is 0.667. The van der Waals surface area contributed by atoms with Crippen LogP contribution >= 0.6 is 24.0 Å². The summed E-state index contributed by atoms with van der Waals surface area (Å²) < 4.78 is 30.3. The third-order valence-corrected chi connectivity index (χ3v) is 5.75. The molecule has 0 spiro atoms. The summed E-state index contributed by atoms with van der Waals surface area (Å²) in [5.74, 6) is 1.45. The van der Waals surface area contributed by atoms with Crippen LogP contribution < -0.4 is 10.1 Å². The predicted octanol–water partition coefficient (Wildman–Crippen LogP) is 2.22. The highest BCUT2D eigenvalue weighted by atomic mass is 127. The molecule has 2 saturated heterocycles. The van der Waals surface area contributed by atoms with Crippen molar-refractivity contribution in [1.29, 1.82) is 0 Å². The average Bonchev–Trinajstić information content (AvgIpc) is 3.24. The molecule has 0 saturated carbocycles. The molecule has 3 aliphatic rings. The van der Waals surface area contributed by atoms with E-state index in [-0.39, 0.29) is 36.6 Å². The number of guanidine groups is 1. The number of aliphatic imine (C=N–C) groups is 1. The summed E-state index contributed by atoms with van der Waals surface area (Å²) in [6, 6.07) is 3.60. The average molecular weight is 534 g/mol. The number of likely N-dealkylation sites (tertiary alicyclic amines) is 1. The normalized spacial score (nSPS) is 22.3. The summed E-state index contributed by atoms with van der Waals surface area (Å²) in [5.41, 5.74) is 1.63. The third-order valence-electron chi connectivity index (χ3n) is 5.75. The van der Waals surface area contributed by atoms with Gasteiger partial charge in [-0.1, -0.05) is 0 Å². The quantitative estimate of drug-likeness (QED) is 0.356. The highest BCUT2D eigenvalue weighted by Crippen LogP contribution is 2.29. The van der Waals surface area contributed by atoms with Crippen molar-refractivity contribution in [2.45, 2.75) is 32.4 Å². The van der Waals surface area contributed by atoms with Crippen molar-refractivity contribution >= 4 is 29.9 Å². The molecule has 1 N–H and O–H groups in total. The van der Waals surface area contributed by atoms with Crippen LogP contribution in [0.2, 0.25) is 0 Å². The van der Waals surface area contributed by atoms with Crippen LogP contribution in [0, 0.1) is 5.82 Å². The molecule has 3 heterocycles. The van der Waals surface area contributed by atoms with Gasteiger partial charge in [0.1, 0.15) is 11.6 Å². The van der Waals surface area contributed by atoms with Gasteiger partial charge in [-0.05, 0) is 37.5 Å². The number of ether oxygens (including phenoxy) is 3. The van der Waals surface area contributed by atoms with Crippen molar-refractivity contribution in [3.05, 3.63) is 29.1 Å². The van der Waals surface area contributed by atoms with Crippen LogP contribution in [0.4, 0.5) is 4.39 Å².